The molecule has 0 aromatic heterocycles. The molecule has 1 aromatic rings. The first-order valence-electron chi connectivity index (χ1n) is 6.33. The van der Waals surface area contributed by atoms with Gasteiger partial charge in [0, 0.05) is 0 Å². The van der Waals surface area contributed by atoms with Crippen LogP contribution in [-0.2, 0) is 5.41 Å². The van der Waals surface area contributed by atoms with Gasteiger partial charge in [0.25, 0.3) is 0 Å². The fraction of sp³-hybridized carbons (Fsp3) is 0.500. The van der Waals surface area contributed by atoms with Crippen molar-refractivity contribution >= 4 is 6.08 Å². The van der Waals surface area contributed by atoms with Crippen molar-refractivity contribution in [1.82, 2.24) is 0 Å². The lowest BCUT2D eigenvalue weighted by Crippen LogP contribution is -2.16. The zero-order chi connectivity index (χ0) is 12.0. The third-order valence-corrected chi connectivity index (χ3v) is 3.33. The predicted octanol–water partition coefficient (Wildman–Crippen LogP) is 5.19. The topological polar surface area (TPSA) is 0 Å². The second kappa shape index (κ2) is 5.89. The van der Waals surface area contributed by atoms with Gasteiger partial charge in [-0.1, -0.05) is 77.0 Å². The summed E-state index contributed by atoms with van der Waals surface area (Å²) >= 11 is 0. The number of benzene rings is 1. The SMILES string of the molecule is C=Cc1ccc(C(C)(C)CCCCC)cc1. The molecule has 0 unspecified atom stereocenters. The summed E-state index contributed by atoms with van der Waals surface area (Å²) in [6, 6.07) is 8.79. The van der Waals surface area contributed by atoms with E-state index in [9.17, 15) is 0 Å². The smallest absolute Gasteiger partial charge is 0.0104 e. The molecule has 0 nitrogen and oxygen atoms in total. The fourth-order valence-electron chi connectivity index (χ4n) is 2.03. The monoisotopic (exact) mass is 216 g/mol. The van der Waals surface area contributed by atoms with Crippen LogP contribution in [-0.4, -0.2) is 0 Å². The van der Waals surface area contributed by atoms with Crippen molar-refractivity contribution in [2.24, 2.45) is 0 Å². The summed E-state index contributed by atoms with van der Waals surface area (Å²) < 4.78 is 0. The lowest BCUT2D eigenvalue weighted by molar-refractivity contribution is 0.450. The molecular formula is C16H24. The quantitative estimate of drug-likeness (QED) is 0.574. The normalized spacial score (nSPS) is 11.4. The van der Waals surface area contributed by atoms with Crippen LogP contribution in [0.5, 0.6) is 0 Å². The van der Waals surface area contributed by atoms with Gasteiger partial charge in [0.05, 0.1) is 0 Å². The predicted molar refractivity (Wildman–Crippen MR) is 73.7 cm³/mol. The molecule has 0 N–H and O–H groups in total. The van der Waals surface area contributed by atoms with Crippen LogP contribution in [0.2, 0.25) is 0 Å². The molecule has 0 amide bonds. The van der Waals surface area contributed by atoms with Crippen molar-refractivity contribution in [3.63, 3.8) is 0 Å². The van der Waals surface area contributed by atoms with Crippen LogP contribution in [0.1, 0.15) is 57.6 Å². The lowest BCUT2D eigenvalue weighted by atomic mass is 9.80. The van der Waals surface area contributed by atoms with E-state index in [1.165, 1.54) is 36.8 Å². The number of unbranched alkanes of at least 4 members (excludes halogenated alkanes) is 2. The highest BCUT2D eigenvalue weighted by Crippen LogP contribution is 2.29. The van der Waals surface area contributed by atoms with E-state index in [1.54, 1.807) is 0 Å². The molecule has 0 aliphatic carbocycles. The van der Waals surface area contributed by atoms with Crippen LogP contribution < -0.4 is 0 Å². The van der Waals surface area contributed by atoms with E-state index in [-0.39, 0.29) is 0 Å². The molecule has 0 aliphatic heterocycles. The van der Waals surface area contributed by atoms with Crippen LogP contribution in [0.15, 0.2) is 30.8 Å². The third kappa shape index (κ3) is 3.52. The van der Waals surface area contributed by atoms with Gasteiger partial charge < -0.3 is 0 Å². The van der Waals surface area contributed by atoms with E-state index in [0.717, 1.165) is 0 Å². The maximum absolute atomic E-state index is 3.78. The number of hydrogen-bond donors (Lipinski definition) is 0. The Morgan fingerprint density at radius 3 is 2.25 bits per heavy atom. The minimum atomic E-state index is 0.300. The molecule has 1 rings (SSSR count). The highest BCUT2D eigenvalue weighted by molar-refractivity contribution is 5.47. The number of hydrogen-bond acceptors (Lipinski definition) is 0. The van der Waals surface area contributed by atoms with Crippen molar-refractivity contribution in [3.05, 3.63) is 42.0 Å². The second-order valence-corrected chi connectivity index (χ2v) is 5.17. The zero-order valence-electron chi connectivity index (χ0n) is 10.9. The average molecular weight is 216 g/mol. The largest absolute Gasteiger partial charge is 0.0985 e. The minimum absolute atomic E-state index is 0.300. The van der Waals surface area contributed by atoms with Gasteiger partial charge in [0.1, 0.15) is 0 Å². The lowest BCUT2D eigenvalue weighted by Gasteiger charge is -2.25. The van der Waals surface area contributed by atoms with Gasteiger partial charge in [-0.2, -0.15) is 0 Å². The van der Waals surface area contributed by atoms with Crippen LogP contribution in [0, 0.1) is 0 Å². The van der Waals surface area contributed by atoms with Gasteiger partial charge in [0.2, 0.25) is 0 Å². The zero-order valence-corrected chi connectivity index (χ0v) is 10.9. The molecule has 0 spiro atoms. The molecular weight excluding hydrogens is 192 g/mol. The number of rotatable bonds is 6. The van der Waals surface area contributed by atoms with Gasteiger partial charge in [-0.25, -0.2) is 0 Å². The Morgan fingerprint density at radius 1 is 1.12 bits per heavy atom. The summed E-state index contributed by atoms with van der Waals surface area (Å²) in [7, 11) is 0. The van der Waals surface area contributed by atoms with E-state index < -0.39 is 0 Å². The Bertz CT molecular complexity index is 316. The molecule has 0 atom stereocenters. The summed E-state index contributed by atoms with van der Waals surface area (Å²) in [5.41, 5.74) is 2.94. The Balaban J connectivity index is 2.68. The molecule has 0 radical (unpaired) electrons. The second-order valence-electron chi connectivity index (χ2n) is 5.17. The molecule has 0 heteroatoms. The molecule has 0 bridgehead atoms. The van der Waals surface area contributed by atoms with Crippen LogP contribution in [0.3, 0.4) is 0 Å². The van der Waals surface area contributed by atoms with Gasteiger partial charge in [-0.05, 0) is 23.0 Å². The maximum atomic E-state index is 3.78. The highest BCUT2D eigenvalue weighted by atomic mass is 14.2. The van der Waals surface area contributed by atoms with Crippen molar-refractivity contribution in [2.75, 3.05) is 0 Å². The van der Waals surface area contributed by atoms with Gasteiger partial charge in [-0.15, -0.1) is 0 Å². The highest BCUT2D eigenvalue weighted by Gasteiger charge is 2.19. The summed E-state index contributed by atoms with van der Waals surface area (Å²) in [4.78, 5) is 0. The van der Waals surface area contributed by atoms with E-state index in [4.69, 9.17) is 0 Å². The van der Waals surface area contributed by atoms with Crippen molar-refractivity contribution in [1.29, 1.82) is 0 Å². The molecule has 0 aliphatic rings. The Morgan fingerprint density at radius 2 is 1.75 bits per heavy atom. The molecule has 16 heavy (non-hydrogen) atoms. The van der Waals surface area contributed by atoms with Crippen LogP contribution in [0.25, 0.3) is 6.08 Å². The molecule has 88 valence electrons. The fourth-order valence-corrected chi connectivity index (χ4v) is 2.03. The summed E-state index contributed by atoms with van der Waals surface area (Å²) in [6.07, 6.45) is 7.13. The van der Waals surface area contributed by atoms with E-state index in [0.29, 0.717) is 5.41 Å². The summed E-state index contributed by atoms with van der Waals surface area (Å²) in [5, 5.41) is 0. The standard InChI is InChI=1S/C16H24/c1-5-7-8-13-16(3,4)15-11-9-14(6-2)10-12-15/h6,9-12H,2,5,7-8,13H2,1,3-4H3. The third-order valence-electron chi connectivity index (χ3n) is 3.33. The van der Waals surface area contributed by atoms with Gasteiger partial charge >= 0.3 is 0 Å². The van der Waals surface area contributed by atoms with Gasteiger partial charge in [0.15, 0.2) is 0 Å². The minimum Gasteiger partial charge on any atom is -0.0985 e. The van der Waals surface area contributed by atoms with Crippen molar-refractivity contribution in [3.8, 4) is 0 Å². The van der Waals surface area contributed by atoms with Gasteiger partial charge in [-0.3, -0.25) is 0 Å². The molecule has 0 fully saturated rings. The first kappa shape index (κ1) is 13.0. The van der Waals surface area contributed by atoms with E-state index in [2.05, 4.69) is 51.6 Å². The Hall–Kier alpha value is -1.04. The molecule has 0 saturated carbocycles. The van der Waals surface area contributed by atoms with Crippen molar-refractivity contribution in [2.45, 2.75) is 51.9 Å². The van der Waals surface area contributed by atoms with Crippen LogP contribution >= 0.6 is 0 Å². The Labute approximate surface area is 100 Å². The van der Waals surface area contributed by atoms with Crippen molar-refractivity contribution < 1.29 is 0 Å². The van der Waals surface area contributed by atoms with E-state index in [1.807, 2.05) is 6.08 Å². The van der Waals surface area contributed by atoms with E-state index >= 15 is 0 Å². The summed E-state index contributed by atoms with van der Waals surface area (Å²) in [6.45, 7) is 10.7. The summed E-state index contributed by atoms with van der Waals surface area (Å²) in [5.74, 6) is 0. The van der Waals surface area contributed by atoms with Crippen LogP contribution in [0.4, 0.5) is 0 Å². The molecule has 0 saturated heterocycles. The molecule has 0 heterocycles. The molecule has 1 aromatic carbocycles. The average Bonchev–Trinajstić information content (AvgIpc) is 2.29. The first-order valence-corrected chi connectivity index (χ1v) is 6.33. The maximum Gasteiger partial charge on any atom is -0.0104 e. The first-order chi connectivity index (χ1) is 7.60. The Kier molecular flexibility index (Phi) is 4.79.